The van der Waals surface area contributed by atoms with Crippen LogP contribution in [0.15, 0.2) is 12.4 Å². The fourth-order valence-electron chi connectivity index (χ4n) is 2.56. The first kappa shape index (κ1) is 10.7. The van der Waals surface area contributed by atoms with Gasteiger partial charge in [0.15, 0.2) is 0 Å². The molecule has 0 spiro atoms. The molecule has 0 aliphatic heterocycles. The number of hydrogen-bond acceptors (Lipinski definition) is 2. The third kappa shape index (κ3) is 2.07. The number of hydrogen-bond donors (Lipinski definition) is 1. The summed E-state index contributed by atoms with van der Waals surface area (Å²) < 4.78 is 1.88. The summed E-state index contributed by atoms with van der Waals surface area (Å²) in [7, 11) is 0. The van der Waals surface area contributed by atoms with Gasteiger partial charge in [0.2, 0.25) is 0 Å². The van der Waals surface area contributed by atoms with Crippen molar-refractivity contribution in [2.45, 2.75) is 51.7 Å². The molecule has 1 aromatic rings. The highest BCUT2D eigenvalue weighted by atomic mass is 16.3. The summed E-state index contributed by atoms with van der Waals surface area (Å²) in [6.45, 7) is 5.14. The van der Waals surface area contributed by atoms with Crippen LogP contribution in [0.5, 0.6) is 0 Å². The zero-order valence-electron chi connectivity index (χ0n) is 9.61. The predicted octanol–water partition coefficient (Wildman–Crippen LogP) is 2.30. The summed E-state index contributed by atoms with van der Waals surface area (Å²) >= 11 is 0. The summed E-state index contributed by atoms with van der Waals surface area (Å²) in [6.07, 6.45) is 7.92. The van der Waals surface area contributed by atoms with E-state index >= 15 is 0 Å². The van der Waals surface area contributed by atoms with Crippen molar-refractivity contribution in [3.8, 4) is 0 Å². The van der Waals surface area contributed by atoms with Gasteiger partial charge >= 0.3 is 0 Å². The number of aromatic nitrogens is 2. The third-order valence-corrected chi connectivity index (χ3v) is 3.47. The lowest BCUT2D eigenvalue weighted by molar-refractivity contribution is -0.0179. The van der Waals surface area contributed by atoms with Crippen molar-refractivity contribution < 1.29 is 5.11 Å². The summed E-state index contributed by atoms with van der Waals surface area (Å²) in [4.78, 5) is 0. The zero-order chi connectivity index (χ0) is 10.9. The maximum absolute atomic E-state index is 10.6. The van der Waals surface area contributed by atoms with Crippen LogP contribution in [0.1, 0.15) is 45.1 Å². The normalized spacial score (nSPS) is 31.8. The maximum atomic E-state index is 10.6. The molecule has 0 amide bonds. The Hall–Kier alpha value is -0.830. The van der Waals surface area contributed by atoms with Crippen LogP contribution in [0.3, 0.4) is 0 Å². The molecule has 15 heavy (non-hydrogen) atoms. The Morgan fingerprint density at radius 3 is 3.07 bits per heavy atom. The second-order valence-corrected chi connectivity index (χ2v) is 4.82. The van der Waals surface area contributed by atoms with Crippen molar-refractivity contribution in [1.29, 1.82) is 0 Å². The van der Waals surface area contributed by atoms with Crippen LogP contribution in [0, 0.1) is 5.92 Å². The van der Waals surface area contributed by atoms with Gasteiger partial charge in [-0.2, -0.15) is 5.10 Å². The Labute approximate surface area is 91.1 Å². The molecule has 3 heteroatoms. The molecule has 1 aliphatic carbocycles. The third-order valence-electron chi connectivity index (χ3n) is 3.47. The molecule has 2 unspecified atom stereocenters. The van der Waals surface area contributed by atoms with Crippen molar-refractivity contribution >= 4 is 0 Å². The van der Waals surface area contributed by atoms with Gasteiger partial charge in [-0.05, 0) is 32.1 Å². The summed E-state index contributed by atoms with van der Waals surface area (Å²) in [5.74, 6) is 0.619. The van der Waals surface area contributed by atoms with Crippen LogP contribution in [-0.4, -0.2) is 14.9 Å². The van der Waals surface area contributed by atoms with Crippen LogP contribution in [-0.2, 0) is 12.1 Å². The predicted molar refractivity (Wildman–Crippen MR) is 59.4 cm³/mol. The Morgan fingerprint density at radius 2 is 2.47 bits per heavy atom. The molecular formula is C12H20N2O. The van der Waals surface area contributed by atoms with Crippen molar-refractivity contribution in [2.75, 3.05) is 0 Å². The van der Waals surface area contributed by atoms with Gasteiger partial charge in [0.1, 0.15) is 0 Å². The average Bonchev–Trinajstić information content (AvgIpc) is 2.66. The summed E-state index contributed by atoms with van der Waals surface area (Å²) in [5.41, 5.74) is 0.376. The van der Waals surface area contributed by atoms with E-state index in [2.05, 4.69) is 18.9 Å². The van der Waals surface area contributed by atoms with Gasteiger partial charge in [-0.15, -0.1) is 0 Å². The van der Waals surface area contributed by atoms with Crippen molar-refractivity contribution in [3.05, 3.63) is 18.0 Å². The van der Waals surface area contributed by atoms with Crippen LogP contribution in [0.2, 0.25) is 0 Å². The van der Waals surface area contributed by atoms with Crippen molar-refractivity contribution in [2.24, 2.45) is 5.92 Å². The fraction of sp³-hybridized carbons (Fsp3) is 0.750. The van der Waals surface area contributed by atoms with Gasteiger partial charge in [0.25, 0.3) is 0 Å². The monoisotopic (exact) mass is 208 g/mol. The Bertz CT molecular complexity index is 334. The van der Waals surface area contributed by atoms with Gasteiger partial charge in [0, 0.05) is 18.3 Å². The standard InChI is InChI=1S/C12H20N2O/c1-3-14-9-11(8-13-14)12(15)6-4-5-10(2)7-12/h8-10,15H,3-7H2,1-2H3. The molecule has 3 nitrogen and oxygen atoms in total. The van der Waals surface area contributed by atoms with E-state index in [4.69, 9.17) is 0 Å². The van der Waals surface area contributed by atoms with Crippen molar-refractivity contribution in [1.82, 2.24) is 9.78 Å². The topological polar surface area (TPSA) is 38.0 Å². The van der Waals surface area contributed by atoms with Gasteiger partial charge in [-0.1, -0.05) is 13.3 Å². The van der Waals surface area contributed by atoms with E-state index in [-0.39, 0.29) is 0 Å². The lowest BCUT2D eigenvalue weighted by Gasteiger charge is -2.34. The van der Waals surface area contributed by atoms with Crippen LogP contribution < -0.4 is 0 Å². The molecule has 1 aromatic heterocycles. The average molecular weight is 208 g/mol. The number of nitrogens with zero attached hydrogens (tertiary/aromatic N) is 2. The molecule has 0 bridgehead atoms. The molecule has 84 valence electrons. The highest BCUT2D eigenvalue weighted by Crippen LogP contribution is 2.39. The van der Waals surface area contributed by atoms with E-state index < -0.39 is 5.60 Å². The molecule has 0 saturated heterocycles. The van der Waals surface area contributed by atoms with Crippen LogP contribution >= 0.6 is 0 Å². The van der Waals surface area contributed by atoms with E-state index in [1.807, 2.05) is 17.1 Å². The molecule has 0 radical (unpaired) electrons. The van der Waals surface area contributed by atoms with E-state index in [0.29, 0.717) is 5.92 Å². The van der Waals surface area contributed by atoms with Gasteiger partial charge < -0.3 is 5.11 Å². The minimum absolute atomic E-state index is 0.619. The van der Waals surface area contributed by atoms with Gasteiger partial charge in [-0.3, -0.25) is 4.68 Å². The molecule has 0 aromatic carbocycles. The lowest BCUT2D eigenvalue weighted by atomic mass is 9.76. The first-order chi connectivity index (χ1) is 7.14. The minimum Gasteiger partial charge on any atom is -0.385 e. The highest BCUT2D eigenvalue weighted by Gasteiger charge is 2.35. The molecule has 1 aliphatic rings. The Morgan fingerprint density at radius 1 is 1.67 bits per heavy atom. The highest BCUT2D eigenvalue weighted by molar-refractivity contribution is 5.16. The lowest BCUT2D eigenvalue weighted by Crippen LogP contribution is -2.31. The SMILES string of the molecule is CCn1cc(C2(O)CCCC(C)C2)cn1. The smallest absolute Gasteiger partial charge is 0.0929 e. The first-order valence-corrected chi connectivity index (χ1v) is 5.89. The molecule has 1 N–H and O–H groups in total. The summed E-state index contributed by atoms with van der Waals surface area (Å²) in [5, 5.41) is 14.8. The second-order valence-electron chi connectivity index (χ2n) is 4.82. The largest absolute Gasteiger partial charge is 0.385 e. The number of rotatable bonds is 2. The first-order valence-electron chi connectivity index (χ1n) is 5.89. The fourth-order valence-corrected chi connectivity index (χ4v) is 2.56. The molecule has 1 heterocycles. The second kappa shape index (κ2) is 3.97. The number of aryl methyl sites for hydroxylation is 1. The summed E-state index contributed by atoms with van der Waals surface area (Å²) in [6, 6.07) is 0. The number of aliphatic hydroxyl groups is 1. The van der Waals surface area contributed by atoms with E-state index in [1.165, 1.54) is 6.42 Å². The zero-order valence-corrected chi connectivity index (χ0v) is 9.61. The van der Waals surface area contributed by atoms with Gasteiger partial charge in [0.05, 0.1) is 11.8 Å². The maximum Gasteiger partial charge on any atom is 0.0929 e. The van der Waals surface area contributed by atoms with E-state index in [9.17, 15) is 5.11 Å². The Kier molecular flexibility index (Phi) is 2.83. The van der Waals surface area contributed by atoms with E-state index in [0.717, 1.165) is 31.4 Å². The minimum atomic E-state index is -0.620. The van der Waals surface area contributed by atoms with Gasteiger partial charge in [-0.25, -0.2) is 0 Å². The molecule has 1 fully saturated rings. The molecule has 1 saturated carbocycles. The molecule has 2 rings (SSSR count). The van der Waals surface area contributed by atoms with Crippen LogP contribution in [0.25, 0.3) is 0 Å². The molecule has 2 atom stereocenters. The van der Waals surface area contributed by atoms with Crippen molar-refractivity contribution in [3.63, 3.8) is 0 Å². The van der Waals surface area contributed by atoms with Crippen LogP contribution in [0.4, 0.5) is 0 Å². The Balaban J connectivity index is 2.20. The van der Waals surface area contributed by atoms with E-state index in [1.54, 1.807) is 0 Å². The quantitative estimate of drug-likeness (QED) is 0.809. The molecular weight excluding hydrogens is 188 g/mol.